The number of para-hydroxylation sites is 4. The van der Waals surface area contributed by atoms with Crippen LogP contribution in [0.25, 0.3) is 93.2 Å². The molecule has 1 aliphatic carbocycles. The van der Waals surface area contributed by atoms with Gasteiger partial charge in [0, 0.05) is 27.2 Å². The zero-order valence-corrected chi connectivity index (χ0v) is 43.9. The van der Waals surface area contributed by atoms with Gasteiger partial charge in [0.25, 0.3) is 0 Å². The van der Waals surface area contributed by atoms with Crippen LogP contribution in [0.1, 0.15) is 22.3 Å². The number of aromatic nitrogens is 1. The summed E-state index contributed by atoms with van der Waals surface area (Å²) in [4.78, 5) is 0. The molecule has 1 unspecified atom stereocenters. The first-order chi connectivity index (χ1) is 39.2. The second-order valence-electron chi connectivity index (χ2n) is 21.4. The smallest absolute Gasteiger partial charge is 0.192 e. The van der Waals surface area contributed by atoms with E-state index >= 15 is 0 Å². The number of hydrogen-bond donors (Lipinski definition) is 0. The van der Waals surface area contributed by atoms with Crippen molar-refractivity contribution in [3.8, 4) is 39.4 Å². The van der Waals surface area contributed by atoms with E-state index in [1.807, 2.05) is 0 Å². The lowest BCUT2D eigenvalue weighted by Crippen LogP contribution is -2.76. The predicted molar refractivity (Wildman–Crippen MR) is 330 cm³/mol. The highest BCUT2D eigenvalue weighted by atomic mass is 28.3. The summed E-state index contributed by atoms with van der Waals surface area (Å²) in [6, 6.07) is 106. The highest BCUT2D eigenvalue weighted by Crippen LogP contribution is 2.57. The van der Waals surface area contributed by atoms with Crippen LogP contribution in [0.3, 0.4) is 0 Å². The van der Waals surface area contributed by atoms with E-state index in [0.29, 0.717) is 0 Å². The maximum absolute atomic E-state index is 7.34. The maximum atomic E-state index is 7.34. The van der Waals surface area contributed by atoms with Crippen molar-refractivity contribution < 1.29 is 9.15 Å². The van der Waals surface area contributed by atoms with Gasteiger partial charge in [-0.15, -0.1) is 0 Å². The fourth-order valence-electron chi connectivity index (χ4n) is 14.3. The quantitative estimate of drug-likeness (QED) is 0.123. The number of benzene rings is 13. The second-order valence-corrected chi connectivity index (χ2v) is 25.1. The number of ether oxygens (including phenoxy) is 1. The van der Waals surface area contributed by atoms with Crippen molar-refractivity contribution in [2.24, 2.45) is 0 Å². The van der Waals surface area contributed by atoms with Crippen molar-refractivity contribution in [3.05, 3.63) is 307 Å². The molecule has 3 heterocycles. The van der Waals surface area contributed by atoms with Crippen LogP contribution in [0.15, 0.2) is 290 Å². The Bertz CT molecular complexity index is 4920. The Kier molecular flexibility index (Phi) is 9.36. The Hall–Kier alpha value is -10.0. The fourth-order valence-corrected chi connectivity index (χ4v) is 19.3. The number of fused-ring (bicyclic) bond motifs is 14. The molecule has 79 heavy (non-hydrogen) atoms. The number of nitrogens with zero attached hydrogens (tertiary/aromatic N) is 1. The molecule has 0 saturated heterocycles. The molecule has 1 atom stereocenters. The van der Waals surface area contributed by atoms with E-state index in [0.717, 1.165) is 50.3 Å². The van der Waals surface area contributed by atoms with Crippen LogP contribution >= 0.6 is 0 Å². The lowest BCUT2D eigenvalue weighted by Gasteiger charge is -2.39. The van der Waals surface area contributed by atoms with Gasteiger partial charge < -0.3 is 13.7 Å². The molecule has 0 bridgehead atoms. The molecule has 2 aliphatic rings. The SMILES string of the molecule is c1ccc(C2(c3ccccc3)c3ccccc3-c3cc(-c4ccc5c(c4)Oc4ccccc4[Si]5(c4ccc5c(ccc6ccccc65)c4)c4cccc5c4oc4ccc(-n6c7ccccc7c7ccccc76)cc45)ccc32)cc1. The topological polar surface area (TPSA) is 27.3 Å². The predicted octanol–water partition coefficient (Wildman–Crippen LogP) is 16.5. The van der Waals surface area contributed by atoms with Crippen LogP contribution in [-0.4, -0.2) is 12.6 Å². The van der Waals surface area contributed by atoms with E-state index in [1.54, 1.807) is 0 Å². The van der Waals surface area contributed by atoms with Gasteiger partial charge in [0.15, 0.2) is 8.07 Å². The van der Waals surface area contributed by atoms with Crippen molar-refractivity contribution in [2.45, 2.75) is 5.41 Å². The third kappa shape index (κ3) is 6.12. The van der Waals surface area contributed by atoms with Gasteiger partial charge in [-0.2, -0.15) is 0 Å². The van der Waals surface area contributed by atoms with Crippen LogP contribution in [0.2, 0.25) is 0 Å². The fraction of sp³-hybridized carbons (Fsp3) is 0.0133. The first-order valence-electron chi connectivity index (χ1n) is 27.3. The van der Waals surface area contributed by atoms with Crippen molar-refractivity contribution in [2.75, 3.05) is 0 Å². The van der Waals surface area contributed by atoms with Gasteiger partial charge in [0.05, 0.1) is 16.4 Å². The van der Waals surface area contributed by atoms with E-state index in [9.17, 15) is 0 Å². The van der Waals surface area contributed by atoms with Gasteiger partial charge in [0.2, 0.25) is 0 Å². The molecule has 15 aromatic rings. The molecular weight excluding hydrogens is 975 g/mol. The molecule has 0 amide bonds. The molecule has 0 spiro atoms. The van der Waals surface area contributed by atoms with Gasteiger partial charge in [-0.25, -0.2) is 0 Å². The van der Waals surface area contributed by atoms with Gasteiger partial charge in [0.1, 0.15) is 22.7 Å². The number of rotatable bonds is 6. The summed E-state index contributed by atoms with van der Waals surface area (Å²) in [5, 5.41) is 14.4. The summed E-state index contributed by atoms with van der Waals surface area (Å²) in [7, 11) is -3.33. The van der Waals surface area contributed by atoms with Crippen LogP contribution in [0.5, 0.6) is 11.5 Å². The third-order valence-corrected chi connectivity index (χ3v) is 22.4. The molecule has 3 nitrogen and oxygen atoms in total. The Labute approximate surface area is 457 Å². The molecule has 0 radical (unpaired) electrons. The van der Waals surface area contributed by atoms with E-state index in [2.05, 4.69) is 290 Å². The van der Waals surface area contributed by atoms with Crippen molar-refractivity contribution in [3.63, 3.8) is 0 Å². The molecule has 0 fully saturated rings. The Morgan fingerprint density at radius 2 is 0.949 bits per heavy atom. The second kappa shape index (κ2) is 16.7. The first-order valence-corrected chi connectivity index (χ1v) is 29.3. The minimum atomic E-state index is -3.33. The monoisotopic (exact) mass is 1020 g/mol. The van der Waals surface area contributed by atoms with Crippen LogP contribution in [0, 0.1) is 0 Å². The van der Waals surface area contributed by atoms with Gasteiger partial charge in [-0.05, 0) is 135 Å². The Morgan fingerprint density at radius 1 is 0.342 bits per heavy atom. The summed E-state index contributed by atoms with van der Waals surface area (Å²) in [6.45, 7) is 0. The average Bonchev–Trinajstić information content (AvgIpc) is 4.30. The average molecular weight is 1020 g/mol. The van der Waals surface area contributed by atoms with Crippen molar-refractivity contribution >= 4 is 94.1 Å². The minimum Gasteiger partial charge on any atom is -0.458 e. The third-order valence-electron chi connectivity index (χ3n) is 17.6. The summed E-state index contributed by atoms with van der Waals surface area (Å²) >= 11 is 0. The molecule has 13 aromatic carbocycles. The van der Waals surface area contributed by atoms with E-state index in [4.69, 9.17) is 9.15 Å². The molecule has 2 aromatic heterocycles. The Morgan fingerprint density at radius 3 is 1.76 bits per heavy atom. The highest BCUT2D eigenvalue weighted by molar-refractivity contribution is 7.21. The Balaban J connectivity index is 0.900. The summed E-state index contributed by atoms with van der Waals surface area (Å²) in [5.41, 5.74) is 14.6. The summed E-state index contributed by atoms with van der Waals surface area (Å²) in [6.07, 6.45) is 0. The van der Waals surface area contributed by atoms with Crippen LogP contribution in [0.4, 0.5) is 0 Å². The molecule has 4 heteroatoms. The van der Waals surface area contributed by atoms with Crippen molar-refractivity contribution in [1.29, 1.82) is 0 Å². The largest absolute Gasteiger partial charge is 0.458 e. The lowest BCUT2D eigenvalue weighted by atomic mass is 9.67. The first kappa shape index (κ1) is 44.2. The van der Waals surface area contributed by atoms with Crippen LogP contribution < -0.4 is 25.5 Å². The summed E-state index contributed by atoms with van der Waals surface area (Å²) < 4.78 is 17.0. The molecule has 17 rings (SSSR count). The molecular formula is C75H47NO2Si. The standard InChI is InChI=1S/C75H47NO2Si/c1-3-19-52(20-4-1)75(53-21-5-2-6-22-53)64-28-12-9-24-58(64)62-45-49(36-41-65(62)75)50-37-43-72-70(46-50)77-69-31-15-16-32-71(69)79(72,55-39-40-57-51(44-55)35-34-48-18-7-8-23-56(48)57)73-33-17-27-61-63-47-54(38-42-68(63)78-74(61)73)76-66-29-13-10-25-59(66)60-26-11-14-30-67(60)76/h1-47H. The van der Waals surface area contributed by atoms with Gasteiger partial charge in [-0.3, -0.25) is 0 Å². The molecule has 368 valence electrons. The lowest BCUT2D eigenvalue weighted by molar-refractivity contribution is 0.487. The van der Waals surface area contributed by atoms with Gasteiger partial charge in [-0.1, -0.05) is 237 Å². The normalized spacial score (nSPS) is 15.1. The number of hydrogen-bond acceptors (Lipinski definition) is 2. The zero-order chi connectivity index (χ0) is 51.8. The maximum Gasteiger partial charge on any atom is 0.192 e. The summed E-state index contributed by atoms with van der Waals surface area (Å²) in [5.74, 6) is 1.74. The molecule has 0 N–H and O–H groups in total. The van der Waals surface area contributed by atoms with Crippen LogP contribution in [-0.2, 0) is 5.41 Å². The van der Waals surface area contributed by atoms with Crippen molar-refractivity contribution in [1.82, 2.24) is 4.57 Å². The van der Waals surface area contributed by atoms with E-state index < -0.39 is 13.5 Å². The highest BCUT2D eigenvalue weighted by Gasteiger charge is 2.50. The van der Waals surface area contributed by atoms with Gasteiger partial charge >= 0.3 is 0 Å². The molecule has 0 saturated carbocycles. The molecule has 1 aliphatic heterocycles. The number of furan rings is 1. The van der Waals surface area contributed by atoms with E-state index in [-0.39, 0.29) is 0 Å². The minimum absolute atomic E-state index is 0.475. The zero-order valence-electron chi connectivity index (χ0n) is 42.9. The van der Waals surface area contributed by atoms with E-state index in [1.165, 1.54) is 97.5 Å².